The molecule has 4 heteroatoms. The van der Waals surface area contributed by atoms with Crippen molar-refractivity contribution in [2.45, 2.75) is 110 Å². The Kier molecular flexibility index (Phi) is 23.3. The van der Waals surface area contributed by atoms with Crippen LogP contribution >= 0.6 is 0 Å². The standard InChI is InChI=1S/C20H39NO2.Na.H/c1-3-4-5-6-7-8-9-10-11-12-13-14-15-16-17-18-20(21)23-19(2)22;;/h10-11,20H,3-9,12-18,21H2,1-2H3;;/q;+1;-1/b11-10-;;. The Bertz CT molecular complexity index is 301. The quantitative estimate of drug-likeness (QED) is 0.153. The van der Waals surface area contributed by atoms with Crippen molar-refractivity contribution in [3.63, 3.8) is 0 Å². The van der Waals surface area contributed by atoms with E-state index in [-0.39, 0.29) is 37.0 Å². The molecule has 1 atom stereocenters. The van der Waals surface area contributed by atoms with Crippen molar-refractivity contribution in [3.8, 4) is 0 Å². The van der Waals surface area contributed by atoms with Crippen LogP contribution in [0.15, 0.2) is 12.2 Å². The van der Waals surface area contributed by atoms with Gasteiger partial charge in [0.25, 0.3) is 0 Å². The summed E-state index contributed by atoms with van der Waals surface area (Å²) in [5.41, 5.74) is 5.68. The van der Waals surface area contributed by atoms with Gasteiger partial charge in [0.05, 0.1) is 0 Å². The van der Waals surface area contributed by atoms with Gasteiger partial charge in [0, 0.05) is 6.92 Å². The van der Waals surface area contributed by atoms with Gasteiger partial charge < -0.3 is 6.16 Å². The zero-order valence-electron chi connectivity index (χ0n) is 17.5. The summed E-state index contributed by atoms with van der Waals surface area (Å²) in [6.45, 7) is 3.67. The minimum absolute atomic E-state index is 0. The Morgan fingerprint density at radius 1 is 0.917 bits per heavy atom. The maximum absolute atomic E-state index is 10.7. The van der Waals surface area contributed by atoms with Crippen LogP contribution in [-0.4, -0.2) is 12.2 Å². The summed E-state index contributed by atoms with van der Waals surface area (Å²) >= 11 is 0. The van der Waals surface area contributed by atoms with Crippen molar-refractivity contribution in [1.29, 1.82) is 0 Å². The van der Waals surface area contributed by atoms with E-state index in [1.807, 2.05) is 0 Å². The van der Waals surface area contributed by atoms with E-state index >= 15 is 0 Å². The number of allylic oxidation sites excluding steroid dienone is 2. The number of carbonyl (C=O) groups excluding carboxylic acids is 1. The van der Waals surface area contributed by atoms with Crippen LogP contribution in [0.1, 0.15) is 105 Å². The molecule has 0 aliphatic heterocycles. The Morgan fingerprint density at radius 2 is 1.38 bits per heavy atom. The van der Waals surface area contributed by atoms with Crippen LogP contribution in [0.3, 0.4) is 0 Å². The smallest absolute Gasteiger partial charge is 1.00 e. The van der Waals surface area contributed by atoms with Gasteiger partial charge in [-0.25, -0.2) is 0 Å². The van der Waals surface area contributed by atoms with E-state index in [0.29, 0.717) is 0 Å². The Balaban J connectivity index is -0.00000242. The number of carbonyl (C=O) groups is 1. The van der Waals surface area contributed by atoms with Gasteiger partial charge in [0.15, 0.2) is 6.23 Å². The summed E-state index contributed by atoms with van der Waals surface area (Å²) in [5, 5.41) is 0. The fourth-order valence-corrected chi connectivity index (χ4v) is 2.69. The molecular weight excluding hydrogens is 309 g/mol. The van der Waals surface area contributed by atoms with Gasteiger partial charge in [-0.1, -0.05) is 70.4 Å². The molecule has 0 saturated heterocycles. The molecule has 0 aliphatic carbocycles. The van der Waals surface area contributed by atoms with E-state index in [2.05, 4.69) is 19.1 Å². The summed E-state index contributed by atoms with van der Waals surface area (Å²) < 4.78 is 4.90. The van der Waals surface area contributed by atoms with Gasteiger partial charge in [-0.15, -0.1) is 0 Å². The van der Waals surface area contributed by atoms with Crippen molar-refractivity contribution in [3.05, 3.63) is 12.2 Å². The second-order valence-electron chi connectivity index (χ2n) is 6.52. The topological polar surface area (TPSA) is 52.3 Å². The fraction of sp³-hybridized carbons (Fsp3) is 0.850. The Labute approximate surface area is 173 Å². The predicted octanol–water partition coefficient (Wildman–Crippen LogP) is 2.99. The average molecular weight is 350 g/mol. The molecule has 0 aromatic heterocycles. The predicted molar refractivity (Wildman–Crippen MR) is 100 cm³/mol. The Hall–Kier alpha value is 0.170. The molecule has 0 aromatic rings. The summed E-state index contributed by atoms with van der Waals surface area (Å²) in [5.74, 6) is -0.287. The van der Waals surface area contributed by atoms with E-state index < -0.39 is 6.23 Å². The first-order valence-corrected chi connectivity index (χ1v) is 9.74. The Morgan fingerprint density at radius 3 is 1.88 bits per heavy atom. The number of ether oxygens (including phenoxy) is 1. The SMILES string of the molecule is CCCCCCCC/C=C\CCCCCCCC(N)OC(C)=O.[H-].[Na+]. The zero-order chi connectivity index (χ0) is 17.2. The summed E-state index contributed by atoms with van der Waals surface area (Å²) in [6, 6.07) is 0. The maximum atomic E-state index is 10.7. The third-order valence-electron chi connectivity index (χ3n) is 4.07. The molecular formula is C20H40NNaO2. The number of unbranched alkanes of at least 4 members (excludes halogenated alkanes) is 11. The van der Waals surface area contributed by atoms with Gasteiger partial charge in [0.1, 0.15) is 0 Å². The molecule has 0 heterocycles. The van der Waals surface area contributed by atoms with E-state index in [1.54, 1.807) is 0 Å². The third kappa shape index (κ3) is 22.2. The molecule has 0 saturated carbocycles. The molecule has 2 N–H and O–H groups in total. The van der Waals surface area contributed by atoms with Crippen LogP contribution in [0.25, 0.3) is 0 Å². The van der Waals surface area contributed by atoms with Crippen molar-refractivity contribution >= 4 is 5.97 Å². The van der Waals surface area contributed by atoms with Crippen LogP contribution in [0.2, 0.25) is 0 Å². The normalized spacial score (nSPS) is 12.1. The molecule has 1 unspecified atom stereocenters. The molecule has 0 aromatic carbocycles. The average Bonchev–Trinajstić information content (AvgIpc) is 2.50. The first kappa shape index (κ1) is 26.4. The summed E-state index contributed by atoms with van der Waals surface area (Å²) in [6.07, 6.45) is 21.8. The molecule has 0 radical (unpaired) electrons. The first-order chi connectivity index (χ1) is 11.2. The molecule has 138 valence electrons. The maximum Gasteiger partial charge on any atom is 1.00 e. The number of hydrogen-bond donors (Lipinski definition) is 1. The summed E-state index contributed by atoms with van der Waals surface area (Å²) in [4.78, 5) is 10.7. The van der Waals surface area contributed by atoms with Crippen LogP contribution in [-0.2, 0) is 9.53 Å². The van der Waals surface area contributed by atoms with E-state index in [9.17, 15) is 4.79 Å². The van der Waals surface area contributed by atoms with Crippen molar-refractivity contribution in [1.82, 2.24) is 0 Å². The summed E-state index contributed by atoms with van der Waals surface area (Å²) in [7, 11) is 0. The molecule has 0 rings (SSSR count). The zero-order valence-corrected chi connectivity index (χ0v) is 18.5. The van der Waals surface area contributed by atoms with Crippen LogP contribution in [0.4, 0.5) is 0 Å². The van der Waals surface area contributed by atoms with E-state index in [4.69, 9.17) is 10.5 Å². The van der Waals surface area contributed by atoms with Gasteiger partial charge >= 0.3 is 35.5 Å². The van der Waals surface area contributed by atoms with Gasteiger partial charge in [0.2, 0.25) is 0 Å². The van der Waals surface area contributed by atoms with Gasteiger partial charge in [-0.05, 0) is 38.5 Å². The molecule has 3 nitrogen and oxygen atoms in total. The minimum Gasteiger partial charge on any atom is -1.00 e. The first-order valence-electron chi connectivity index (χ1n) is 9.74. The molecule has 0 bridgehead atoms. The number of hydrogen-bond acceptors (Lipinski definition) is 3. The number of nitrogens with two attached hydrogens (primary N) is 1. The van der Waals surface area contributed by atoms with Gasteiger partial charge in [-0.3, -0.25) is 10.5 Å². The fourth-order valence-electron chi connectivity index (χ4n) is 2.69. The largest absolute Gasteiger partial charge is 1.00 e. The minimum atomic E-state index is -0.419. The van der Waals surface area contributed by atoms with E-state index in [0.717, 1.165) is 12.8 Å². The van der Waals surface area contributed by atoms with Crippen molar-refractivity contribution in [2.24, 2.45) is 5.73 Å². The van der Waals surface area contributed by atoms with Crippen LogP contribution < -0.4 is 35.3 Å². The molecule has 0 amide bonds. The van der Waals surface area contributed by atoms with E-state index in [1.165, 1.54) is 84.0 Å². The van der Waals surface area contributed by atoms with Gasteiger partial charge in [-0.2, -0.15) is 0 Å². The van der Waals surface area contributed by atoms with Crippen LogP contribution in [0, 0.1) is 0 Å². The van der Waals surface area contributed by atoms with Crippen molar-refractivity contribution < 1.29 is 40.5 Å². The molecule has 24 heavy (non-hydrogen) atoms. The number of rotatable bonds is 16. The molecule has 0 aliphatic rings. The van der Waals surface area contributed by atoms with Crippen molar-refractivity contribution in [2.75, 3.05) is 0 Å². The van der Waals surface area contributed by atoms with Crippen LogP contribution in [0.5, 0.6) is 0 Å². The molecule has 0 fully saturated rings. The number of esters is 1. The second-order valence-corrected chi connectivity index (χ2v) is 6.52. The molecule has 0 spiro atoms. The monoisotopic (exact) mass is 349 g/mol. The third-order valence-corrected chi connectivity index (χ3v) is 4.07. The second kappa shape index (κ2) is 21.2.